The minimum atomic E-state index is -0.826. The minimum absolute atomic E-state index is 0.826. The first-order valence-electron chi connectivity index (χ1n) is 8.60. The van der Waals surface area contributed by atoms with Crippen LogP contribution in [0, 0.1) is 0 Å². The zero-order chi connectivity index (χ0) is 18.9. The van der Waals surface area contributed by atoms with E-state index < -0.39 is 20.8 Å². The summed E-state index contributed by atoms with van der Waals surface area (Å²) in [6, 6.07) is 38.1. The Hall–Kier alpha value is -1.66. The molecule has 5 aromatic rings. The third-order valence-electron chi connectivity index (χ3n) is 4.31. The van der Waals surface area contributed by atoms with Crippen molar-refractivity contribution in [1.82, 2.24) is 0 Å². The Kier molecular flexibility index (Phi) is 7.90. The van der Waals surface area contributed by atoms with Gasteiger partial charge in [0.25, 0.3) is 0 Å². The molecule has 0 bridgehead atoms. The van der Waals surface area contributed by atoms with Crippen molar-refractivity contribution < 1.29 is 20.8 Å². The van der Waals surface area contributed by atoms with Crippen molar-refractivity contribution in [1.29, 1.82) is 0 Å². The number of benzene rings is 3. The van der Waals surface area contributed by atoms with Crippen LogP contribution in [0.15, 0.2) is 109 Å². The molecule has 0 saturated heterocycles. The average Bonchev–Trinajstić information content (AvgIpc) is 3.37. The second kappa shape index (κ2) is 10.6. The van der Waals surface area contributed by atoms with Gasteiger partial charge in [0, 0.05) is 0 Å². The van der Waals surface area contributed by atoms with Crippen LogP contribution in [0.4, 0.5) is 0 Å². The summed E-state index contributed by atoms with van der Waals surface area (Å²) < 4.78 is 0. The van der Waals surface area contributed by atoms with Crippen molar-refractivity contribution in [3.63, 3.8) is 0 Å². The zero-order valence-corrected chi connectivity index (χ0v) is 18.6. The van der Waals surface area contributed by atoms with Gasteiger partial charge < -0.3 is 0 Å². The van der Waals surface area contributed by atoms with Gasteiger partial charge in [-0.05, 0) is 0 Å². The molecule has 0 radical (unpaired) electrons. The Morgan fingerprint density at radius 3 is 2.00 bits per heavy atom. The zero-order valence-electron chi connectivity index (χ0n) is 14.6. The number of halogens is 2. The average molecular weight is 469 g/mol. The van der Waals surface area contributed by atoms with Crippen molar-refractivity contribution in [2.75, 3.05) is 0 Å². The number of rotatable bonds is 1. The first-order valence-corrected chi connectivity index (χ1v) is 14.9. The van der Waals surface area contributed by atoms with E-state index in [0.717, 1.165) is 0 Å². The van der Waals surface area contributed by atoms with Crippen molar-refractivity contribution in [2.45, 2.75) is 0 Å². The van der Waals surface area contributed by atoms with Crippen LogP contribution in [0.1, 0.15) is 0 Å². The van der Waals surface area contributed by atoms with Gasteiger partial charge in [-0.3, -0.25) is 0 Å². The van der Waals surface area contributed by atoms with E-state index in [9.17, 15) is 0 Å². The van der Waals surface area contributed by atoms with Crippen LogP contribution in [0.5, 0.6) is 0 Å². The first kappa shape index (κ1) is 20.1. The molecule has 0 fully saturated rings. The van der Waals surface area contributed by atoms with Gasteiger partial charge in [0.1, 0.15) is 0 Å². The molecule has 0 atom stereocenters. The summed E-state index contributed by atoms with van der Waals surface area (Å²) in [5.41, 5.74) is 2.62. The van der Waals surface area contributed by atoms with Crippen LogP contribution in [0.2, 0.25) is 0 Å². The van der Waals surface area contributed by atoms with E-state index >= 15 is 0 Å². The topological polar surface area (TPSA) is 0 Å². The maximum absolute atomic E-state index is 4.93. The molecule has 0 heterocycles. The molecule has 0 unspecified atom stereocenters. The summed E-state index contributed by atoms with van der Waals surface area (Å²) in [5, 5.41) is 5.31. The Bertz CT molecular complexity index is 1050. The van der Waals surface area contributed by atoms with Gasteiger partial charge in [-0.1, -0.05) is 48.0 Å². The van der Waals surface area contributed by atoms with Gasteiger partial charge in [-0.25, -0.2) is 0 Å². The van der Waals surface area contributed by atoms with Gasteiger partial charge in [-0.15, -0.1) is 76.3 Å². The number of hydrogen-bond acceptors (Lipinski definition) is 0. The summed E-state index contributed by atoms with van der Waals surface area (Å²) >= 11 is -0.826. The van der Waals surface area contributed by atoms with E-state index in [0.29, 0.717) is 0 Å². The molecule has 0 aromatic heterocycles. The normalized spacial score (nSPS) is 9.70. The summed E-state index contributed by atoms with van der Waals surface area (Å²) in [6.45, 7) is 0. The van der Waals surface area contributed by atoms with Crippen LogP contribution >= 0.6 is 17.0 Å². The molecule has 0 aliphatic rings. The Labute approximate surface area is 178 Å². The van der Waals surface area contributed by atoms with Gasteiger partial charge in [0.2, 0.25) is 0 Å². The second-order valence-electron chi connectivity index (χ2n) is 5.93. The molecule has 0 amide bonds. The van der Waals surface area contributed by atoms with Gasteiger partial charge in [-0.2, -0.15) is 17.5 Å². The fourth-order valence-corrected chi connectivity index (χ4v) is 3.09. The monoisotopic (exact) mass is 466 g/mol. The molecule has 5 aromatic carbocycles. The van der Waals surface area contributed by atoms with E-state index in [1.165, 1.54) is 32.7 Å². The van der Waals surface area contributed by atoms with E-state index in [4.69, 9.17) is 17.0 Å². The molecule has 0 aliphatic carbocycles. The molecule has 5 rings (SSSR count). The van der Waals surface area contributed by atoms with E-state index in [-0.39, 0.29) is 0 Å². The van der Waals surface area contributed by atoms with E-state index in [2.05, 4.69) is 109 Å². The molecule has 0 aliphatic heterocycles. The fourth-order valence-electron chi connectivity index (χ4n) is 3.09. The molecule has 132 valence electrons. The molecule has 0 spiro atoms. The van der Waals surface area contributed by atoms with E-state index in [1.54, 1.807) is 0 Å². The number of fused-ring (bicyclic) bond motifs is 2. The standard InChI is InChI=1S/C15H11.C9H7.2ClH.Zr/c1-2-6-12(7-3-1)15-11-10-13-8-4-5-9-14(13)15;1-2-5-9-7-3-6-8(9)4-1;;;/h1-11H;1-7H;2*1H;/q2*-1;;;+4/p-2. The van der Waals surface area contributed by atoms with Crippen molar-refractivity contribution in [3.05, 3.63) is 109 Å². The molecule has 0 saturated carbocycles. The quantitative estimate of drug-likeness (QED) is 0.218. The van der Waals surface area contributed by atoms with Crippen LogP contribution in [-0.2, 0) is 20.8 Å². The number of hydrogen-bond donors (Lipinski definition) is 0. The molecular formula is C24H18Cl2Zr. The predicted octanol–water partition coefficient (Wildman–Crippen LogP) is 8.16. The summed E-state index contributed by atoms with van der Waals surface area (Å²) in [4.78, 5) is 0. The smallest absolute Gasteiger partial charge is 0.0623 e. The molecule has 27 heavy (non-hydrogen) atoms. The van der Waals surface area contributed by atoms with Crippen LogP contribution in [0.3, 0.4) is 0 Å². The van der Waals surface area contributed by atoms with Gasteiger partial charge in [0.15, 0.2) is 0 Å². The van der Waals surface area contributed by atoms with Crippen molar-refractivity contribution in [3.8, 4) is 11.1 Å². The van der Waals surface area contributed by atoms with Crippen LogP contribution < -0.4 is 0 Å². The molecule has 0 nitrogen and oxygen atoms in total. The third-order valence-corrected chi connectivity index (χ3v) is 4.31. The van der Waals surface area contributed by atoms with Crippen molar-refractivity contribution >= 4 is 38.6 Å². The molecular weight excluding hydrogens is 450 g/mol. The first-order chi connectivity index (χ1) is 13.3. The molecule has 3 heteroatoms. The minimum Gasteiger partial charge on any atom is -0.168 e. The maximum Gasteiger partial charge on any atom is -0.0623 e. The van der Waals surface area contributed by atoms with Gasteiger partial charge in [0.05, 0.1) is 0 Å². The van der Waals surface area contributed by atoms with Crippen LogP contribution in [-0.4, -0.2) is 0 Å². The summed E-state index contributed by atoms with van der Waals surface area (Å²) in [6.07, 6.45) is 0. The fraction of sp³-hybridized carbons (Fsp3) is 0. The second-order valence-corrected chi connectivity index (χ2v) is 9.66. The predicted molar refractivity (Wildman–Crippen MR) is 116 cm³/mol. The maximum atomic E-state index is 4.93. The largest absolute Gasteiger partial charge is 0.168 e. The SMILES string of the molecule is [Cl][Zr+2][Cl].c1ccc(-c2c[cH-]c3ccccc23)cc1.c1ccc2[cH-]ccc2c1. The van der Waals surface area contributed by atoms with E-state index in [1.807, 2.05) is 0 Å². The Morgan fingerprint density at radius 2 is 1.26 bits per heavy atom. The summed E-state index contributed by atoms with van der Waals surface area (Å²) in [5.74, 6) is 0. The molecule has 0 N–H and O–H groups in total. The van der Waals surface area contributed by atoms with Crippen molar-refractivity contribution in [2.24, 2.45) is 0 Å². The van der Waals surface area contributed by atoms with Crippen LogP contribution in [0.25, 0.3) is 32.7 Å². The third kappa shape index (κ3) is 5.42. The summed E-state index contributed by atoms with van der Waals surface area (Å²) in [7, 11) is 9.87. The van der Waals surface area contributed by atoms with Gasteiger partial charge >= 0.3 is 37.9 Å². The Morgan fingerprint density at radius 1 is 0.630 bits per heavy atom. The Balaban J connectivity index is 0.000000149.